The van der Waals surface area contributed by atoms with Crippen molar-refractivity contribution in [3.05, 3.63) is 53.7 Å². The molecule has 9 nitrogen and oxygen atoms in total. The van der Waals surface area contributed by atoms with Gasteiger partial charge in [-0.05, 0) is 50.1 Å². The van der Waals surface area contributed by atoms with Gasteiger partial charge in [-0.3, -0.25) is 14.4 Å². The highest BCUT2D eigenvalue weighted by Crippen LogP contribution is 2.23. The highest BCUT2D eigenvalue weighted by Gasteiger charge is 2.27. The smallest absolute Gasteiger partial charge is 0.309 e. The number of hydrogen-bond acceptors (Lipinski definition) is 7. The number of esters is 1. The molecule has 2 aromatic rings. The van der Waals surface area contributed by atoms with E-state index in [2.05, 4.69) is 20.5 Å². The molecule has 0 bridgehead atoms. The van der Waals surface area contributed by atoms with E-state index in [0.29, 0.717) is 49.3 Å². The number of hydrogen-bond donors (Lipinski definition) is 2. The van der Waals surface area contributed by atoms with Crippen LogP contribution in [0, 0.1) is 17.2 Å². The molecule has 0 spiro atoms. The number of ether oxygens (including phenoxy) is 1. The lowest BCUT2D eigenvalue weighted by Gasteiger charge is -2.31. The first-order valence-electron chi connectivity index (χ1n) is 10.5. The molecule has 9 heteroatoms. The summed E-state index contributed by atoms with van der Waals surface area (Å²) in [5, 5.41) is 14.2. The molecule has 0 saturated carbocycles. The van der Waals surface area contributed by atoms with E-state index in [1.807, 2.05) is 13.0 Å². The minimum atomic E-state index is -0.467. The number of nitrogens with zero attached hydrogens (tertiary/aromatic N) is 3. The van der Waals surface area contributed by atoms with Gasteiger partial charge in [0.15, 0.2) is 6.61 Å². The molecule has 1 saturated heterocycles. The Balaban J connectivity index is 1.44. The van der Waals surface area contributed by atoms with E-state index in [1.165, 1.54) is 6.20 Å². The van der Waals surface area contributed by atoms with Gasteiger partial charge in [0.05, 0.1) is 11.5 Å². The molecule has 1 aliphatic heterocycles. The second-order valence-corrected chi connectivity index (χ2v) is 7.37. The van der Waals surface area contributed by atoms with Crippen LogP contribution in [-0.2, 0) is 14.3 Å². The summed E-state index contributed by atoms with van der Waals surface area (Å²) < 4.78 is 5.20. The van der Waals surface area contributed by atoms with E-state index >= 15 is 0 Å². The fraction of sp³-hybridized carbons (Fsp3) is 0.348. The van der Waals surface area contributed by atoms with Crippen LogP contribution < -0.4 is 15.5 Å². The summed E-state index contributed by atoms with van der Waals surface area (Å²) in [5.41, 5.74) is 1.39. The standard InChI is InChI=1S/C23H25N5O4/c1-2-25-22(30)18-4-3-5-19(12-18)27-21(29)15-32-23(31)17-8-10-28(11-9-17)20-7-6-16(13-24)14-26-20/h3-7,12,14,17H,2,8-11,15H2,1H3,(H,25,30)(H,27,29). The van der Waals surface area contributed by atoms with Gasteiger partial charge in [-0.1, -0.05) is 6.07 Å². The van der Waals surface area contributed by atoms with Gasteiger partial charge in [0.1, 0.15) is 11.9 Å². The maximum Gasteiger partial charge on any atom is 0.309 e. The molecule has 1 aliphatic rings. The molecule has 32 heavy (non-hydrogen) atoms. The fourth-order valence-corrected chi connectivity index (χ4v) is 3.44. The number of rotatable bonds is 7. The number of benzene rings is 1. The summed E-state index contributed by atoms with van der Waals surface area (Å²) in [4.78, 5) is 42.8. The molecular weight excluding hydrogens is 410 g/mol. The Hall–Kier alpha value is -3.93. The molecule has 1 fully saturated rings. The van der Waals surface area contributed by atoms with Gasteiger partial charge in [-0.15, -0.1) is 0 Å². The first kappa shape index (κ1) is 22.7. The summed E-state index contributed by atoms with van der Waals surface area (Å²) >= 11 is 0. The summed E-state index contributed by atoms with van der Waals surface area (Å²) in [6.45, 7) is 3.22. The number of carbonyl (C=O) groups is 3. The van der Waals surface area contributed by atoms with Crippen molar-refractivity contribution in [3.8, 4) is 6.07 Å². The van der Waals surface area contributed by atoms with Gasteiger partial charge >= 0.3 is 5.97 Å². The maximum absolute atomic E-state index is 12.4. The Bertz CT molecular complexity index is 1010. The minimum absolute atomic E-state index is 0.224. The quantitative estimate of drug-likeness (QED) is 0.638. The number of carbonyl (C=O) groups excluding carboxylic acids is 3. The average Bonchev–Trinajstić information content (AvgIpc) is 2.83. The Morgan fingerprint density at radius 1 is 1.22 bits per heavy atom. The molecule has 1 aromatic carbocycles. The first-order valence-corrected chi connectivity index (χ1v) is 10.5. The van der Waals surface area contributed by atoms with E-state index in [4.69, 9.17) is 10.00 Å². The number of nitriles is 1. The van der Waals surface area contributed by atoms with Crippen molar-refractivity contribution in [2.75, 3.05) is 36.5 Å². The Morgan fingerprint density at radius 2 is 2.00 bits per heavy atom. The Kier molecular flexibility index (Phi) is 7.75. The topological polar surface area (TPSA) is 124 Å². The summed E-state index contributed by atoms with van der Waals surface area (Å²) in [6, 6.07) is 12.1. The van der Waals surface area contributed by atoms with Crippen molar-refractivity contribution in [3.63, 3.8) is 0 Å². The molecule has 0 radical (unpaired) electrons. The third kappa shape index (κ3) is 6.04. The minimum Gasteiger partial charge on any atom is -0.455 e. The van der Waals surface area contributed by atoms with Crippen LogP contribution in [0.5, 0.6) is 0 Å². The normalized spacial score (nSPS) is 13.7. The first-order chi connectivity index (χ1) is 15.5. The van der Waals surface area contributed by atoms with Gasteiger partial charge in [-0.25, -0.2) is 4.98 Å². The van der Waals surface area contributed by atoms with Crippen molar-refractivity contribution in [1.29, 1.82) is 5.26 Å². The van der Waals surface area contributed by atoms with Crippen LogP contribution in [-0.4, -0.2) is 49.0 Å². The van der Waals surface area contributed by atoms with Crippen molar-refractivity contribution in [2.24, 2.45) is 5.92 Å². The van der Waals surface area contributed by atoms with Gasteiger partial charge < -0.3 is 20.3 Å². The summed E-state index contributed by atoms with van der Waals surface area (Å²) in [6.07, 6.45) is 2.72. The van der Waals surface area contributed by atoms with Crippen LogP contribution in [0.25, 0.3) is 0 Å². The van der Waals surface area contributed by atoms with Crippen LogP contribution in [0.4, 0.5) is 11.5 Å². The number of piperidine rings is 1. The molecule has 0 unspecified atom stereocenters. The van der Waals surface area contributed by atoms with Gasteiger partial charge in [0.2, 0.25) is 0 Å². The maximum atomic E-state index is 12.4. The van der Waals surface area contributed by atoms with E-state index in [9.17, 15) is 14.4 Å². The summed E-state index contributed by atoms with van der Waals surface area (Å²) in [5.74, 6) is -0.601. The Morgan fingerprint density at radius 3 is 2.66 bits per heavy atom. The zero-order chi connectivity index (χ0) is 22.9. The average molecular weight is 435 g/mol. The fourth-order valence-electron chi connectivity index (χ4n) is 3.44. The third-order valence-corrected chi connectivity index (χ3v) is 5.12. The van der Waals surface area contributed by atoms with Crippen LogP contribution in [0.1, 0.15) is 35.7 Å². The lowest BCUT2D eigenvalue weighted by molar-refractivity contribution is -0.152. The second-order valence-electron chi connectivity index (χ2n) is 7.37. The summed E-state index contributed by atoms with van der Waals surface area (Å²) in [7, 11) is 0. The third-order valence-electron chi connectivity index (χ3n) is 5.12. The molecule has 0 atom stereocenters. The van der Waals surface area contributed by atoms with E-state index in [1.54, 1.807) is 36.4 Å². The van der Waals surface area contributed by atoms with Gasteiger partial charge in [0.25, 0.3) is 11.8 Å². The lowest BCUT2D eigenvalue weighted by atomic mass is 9.97. The SMILES string of the molecule is CCNC(=O)c1cccc(NC(=O)COC(=O)C2CCN(c3ccc(C#N)cn3)CC2)c1. The van der Waals surface area contributed by atoms with Crippen molar-refractivity contribution >= 4 is 29.3 Å². The van der Waals surface area contributed by atoms with Crippen LogP contribution in [0.15, 0.2) is 42.6 Å². The predicted octanol–water partition coefficient (Wildman–Crippen LogP) is 2.10. The van der Waals surface area contributed by atoms with Crippen molar-refractivity contribution < 1.29 is 19.1 Å². The zero-order valence-electron chi connectivity index (χ0n) is 17.8. The zero-order valence-corrected chi connectivity index (χ0v) is 17.8. The molecule has 2 N–H and O–H groups in total. The molecule has 3 rings (SSSR count). The molecule has 1 aromatic heterocycles. The number of anilines is 2. The van der Waals surface area contributed by atoms with E-state index < -0.39 is 11.9 Å². The molecule has 2 heterocycles. The number of nitrogens with one attached hydrogen (secondary N) is 2. The highest BCUT2D eigenvalue weighted by molar-refractivity contribution is 5.97. The van der Waals surface area contributed by atoms with Crippen molar-refractivity contribution in [2.45, 2.75) is 19.8 Å². The number of amides is 2. The van der Waals surface area contributed by atoms with Crippen LogP contribution in [0.2, 0.25) is 0 Å². The van der Waals surface area contributed by atoms with E-state index in [0.717, 1.165) is 5.82 Å². The monoisotopic (exact) mass is 435 g/mol. The number of aromatic nitrogens is 1. The molecule has 166 valence electrons. The van der Waals surface area contributed by atoms with Crippen LogP contribution in [0.3, 0.4) is 0 Å². The van der Waals surface area contributed by atoms with Gasteiger partial charge in [0, 0.05) is 37.1 Å². The molecular formula is C23H25N5O4. The van der Waals surface area contributed by atoms with Crippen LogP contribution >= 0.6 is 0 Å². The molecule has 2 amide bonds. The van der Waals surface area contributed by atoms with Gasteiger partial charge in [-0.2, -0.15) is 5.26 Å². The number of pyridine rings is 1. The predicted molar refractivity (Wildman–Crippen MR) is 118 cm³/mol. The lowest BCUT2D eigenvalue weighted by Crippen LogP contribution is -2.38. The largest absolute Gasteiger partial charge is 0.455 e. The van der Waals surface area contributed by atoms with E-state index in [-0.39, 0.29) is 18.4 Å². The second kappa shape index (κ2) is 10.9. The molecule has 0 aliphatic carbocycles. The Labute approximate surface area is 186 Å². The highest BCUT2D eigenvalue weighted by atomic mass is 16.5. The van der Waals surface area contributed by atoms with Crippen molar-refractivity contribution in [1.82, 2.24) is 10.3 Å².